The van der Waals surface area contributed by atoms with E-state index in [0.29, 0.717) is 6.61 Å². The Balaban J connectivity index is 1.87. The van der Waals surface area contributed by atoms with Crippen molar-refractivity contribution in [1.29, 1.82) is 0 Å². The molecule has 2 aliphatic rings. The Bertz CT molecular complexity index is 708. The molecule has 0 saturated heterocycles. The summed E-state index contributed by atoms with van der Waals surface area (Å²) in [5, 5.41) is 8.73. The molecule has 3 rings (SSSR count). The molecule has 0 bridgehead atoms. The first-order chi connectivity index (χ1) is 11.1. The lowest BCUT2D eigenvalue weighted by atomic mass is 9.87. The van der Waals surface area contributed by atoms with Crippen LogP contribution >= 0.6 is 0 Å². The summed E-state index contributed by atoms with van der Waals surface area (Å²) in [6, 6.07) is 4.51. The Hall–Kier alpha value is -2.29. The fourth-order valence-electron chi connectivity index (χ4n) is 3.27. The molecule has 3 heteroatoms. The van der Waals surface area contributed by atoms with E-state index < -0.39 is 5.97 Å². The molecular weight excluding hydrogens is 288 g/mol. The van der Waals surface area contributed by atoms with Gasteiger partial charge in [0.05, 0.1) is 6.61 Å². The van der Waals surface area contributed by atoms with E-state index >= 15 is 0 Å². The van der Waals surface area contributed by atoms with Gasteiger partial charge in [0.15, 0.2) is 0 Å². The first-order valence-corrected chi connectivity index (χ1v) is 8.21. The monoisotopic (exact) mass is 310 g/mol. The number of fused-ring (bicyclic) bond motifs is 2. The van der Waals surface area contributed by atoms with Gasteiger partial charge in [0.25, 0.3) is 0 Å². The van der Waals surface area contributed by atoms with Crippen LogP contribution in [0.5, 0.6) is 5.75 Å². The third kappa shape index (κ3) is 3.73. The molecule has 1 aromatic carbocycles. The van der Waals surface area contributed by atoms with Crippen molar-refractivity contribution in [3.8, 4) is 5.75 Å². The SMILES string of the molecule is CC(=C/C(=O)O)/C=C/C=C1CCOc2cc3c(cc21)CCCC3. The highest BCUT2D eigenvalue weighted by Crippen LogP contribution is 2.37. The summed E-state index contributed by atoms with van der Waals surface area (Å²) in [5.74, 6) is 0.0807. The van der Waals surface area contributed by atoms with E-state index in [4.69, 9.17) is 9.84 Å². The molecule has 0 saturated carbocycles. The number of rotatable bonds is 3. The van der Waals surface area contributed by atoms with Crippen molar-refractivity contribution in [3.05, 3.63) is 58.7 Å². The highest BCUT2D eigenvalue weighted by Gasteiger charge is 2.19. The number of carboxylic acid groups (broad SMARTS) is 1. The number of benzene rings is 1. The smallest absolute Gasteiger partial charge is 0.328 e. The van der Waals surface area contributed by atoms with Gasteiger partial charge in [-0.2, -0.15) is 0 Å². The standard InChI is InChI=1S/C20H22O3/c1-14(11-20(21)22)5-4-8-15-9-10-23-19-13-17-7-3-2-6-16(17)12-18(15)19/h4-5,8,11-13H,2-3,6-7,9-10H2,1H3,(H,21,22)/b5-4+,14-11-,15-8?. The lowest BCUT2D eigenvalue weighted by Crippen LogP contribution is -2.11. The fraction of sp³-hybridized carbons (Fsp3) is 0.350. The molecule has 3 nitrogen and oxygen atoms in total. The molecule has 1 heterocycles. The van der Waals surface area contributed by atoms with Crippen LogP contribution in [0.15, 0.2) is 42.0 Å². The van der Waals surface area contributed by atoms with Crippen molar-refractivity contribution >= 4 is 11.5 Å². The molecule has 0 radical (unpaired) electrons. The molecular formula is C20H22O3. The summed E-state index contributed by atoms with van der Waals surface area (Å²) in [4.78, 5) is 10.6. The number of hydrogen-bond acceptors (Lipinski definition) is 2. The zero-order chi connectivity index (χ0) is 16.2. The molecule has 1 aliphatic heterocycles. The zero-order valence-corrected chi connectivity index (χ0v) is 13.5. The molecule has 0 atom stereocenters. The largest absolute Gasteiger partial charge is 0.493 e. The molecule has 120 valence electrons. The molecule has 0 amide bonds. The van der Waals surface area contributed by atoms with Crippen LogP contribution in [0, 0.1) is 0 Å². The number of hydrogen-bond donors (Lipinski definition) is 1. The van der Waals surface area contributed by atoms with E-state index in [1.54, 1.807) is 6.92 Å². The summed E-state index contributed by atoms with van der Waals surface area (Å²) < 4.78 is 5.85. The molecule has 1 N–H and O–H groups in total. The van der Waals surface area contributed by atoms with E-state index in [0.717, 1.165) is 30.6 Å². The summed E-state index contributed by atoms with van der Waals surface area (Å²) in [5.41, 5.74) is 6.08. The third-order valence-electron chi connectivity index (χ3n) is 4.43. The predicted octanol–water partition coefficient (Wildman–Crippen LogP) is 4.32. The van der Waals surface area contributed by atoms with Gasteiger partial charge in [-0.25, -0.2) is 4.79 Å². The van der Waals surface area contributed by atoms with E-state index in [9.17, 15) is 4.79 Å². The highest BCUT2D eigenvalue weighted by molar-refractivity contribution is 5.81. The molecule has 23 heavy (non-hydrogen) atoms. The maximum absolute atomic E-state index is 10.6. The highest BCUT2D eigenvalue weighted by atomic mass is 16.5. The van der Waals surface area contributed by atoms with Crippen molar-refractivity contribution in [2.45, 2.75) is 39.0 Å². The predicted molar refractivity (Wildman–Crippen MR) is 91.7 cm³/mol. The van der Waals surface area contributed by atoms with Crippen LogP contribution < -0.4 is 4.74 Å². The number of aryl methyl sites for hydroxylation is 2. The maximum Gasteiger partial charge on any atom is 0.328 e. The van der Waals surface area contributed by atoms with Gasteiger partial charge in [0.2, 0.25) is 0 Å². The topological polar surface area (TPSA) is 46.5 Å². The van der Waals surface area contributed by atoms with Crippen LogP contribution in [-0.2, 0) is 17.6 Å². The van der Waals surface area contributed by atoms with Gasteiger partial charge in [-0.05, 0) is 67.0 Å². The lowest BCUT2D eigenvalue weighted by Gasteiger charge is -2.24. The normalized spacial score (nSPS) is 19.3. The molecule has 0 aromatic heterocycles. The lowest BCUT2D eigenvalue weighted by molar-refractivity contribution is -0.131. The van der Waals surface area contributed by atoms with Crippen molar-refractivity contribution in [1.82, 2.24) is 0 Å². The fourth-order valence-corrected chi connectivity index (χ4v) is 3.27. The van der Waals surface area contributed by atoms with Gasteiger partial charge < -0.3 is 9.84 Å². The average molecular weight is 310 g/mol. The number of ether oxygens (including phenoxy) is 1. The molecule has 1 aromatic rings. The number of aliphatic carboxylic acids is 1. The van der Waals surface area contributed by atoms with E-state index in [-0.39, 0.29) is 0 Å². The number of carbonyl (C=O) groups is 1. The maximum atomic E-state index is 10.6. The Labute approximate surface area is 137 Å². The second kappa shape index (κ2) is 6.86. The molecule has 0 unspecified atom stereocenters. The molecule has 0 spiro atoms. The van der Waals surface area contributed by atoms with Crippen molar-refractivity contribution in [2.24, 2.45) is 0 Å². The second-order valence-electron chi connectivity index (χ2n) is 6.20. The van der Waals surface area contributed by atoms with E-state index in [1.807, 2.05) is 12.2 Å². The Morgan fingerprint density at radius 1 is 1.17 bits per heavy atom. The molecule has 1 aliphatic carbocycles. The minimum Gasteiger partial charge on any atom is -0.493 e. The van der Waals surface area contributed by atoms with Crippen molar-refractivity contribution in [2.75, 3.05) is 6.61 Å². The van der Waals surface area contributed by atoms with Gasteiger partial charge in [-0.3, -0.25) is 0 Å². The first kappa shape index (κ1) is 15.6. The second-order valence-corrected chi connectivity index (χ2v) is 6.20. The number of allylic oxidation sites excluding steroid dienone is 4. The van der Waals surface area contributed by atoms with Crippen LogP contribution in [-0.4, -0.2) is 17.7 Å². The van der Waals surface area contributed by atoms with E-state index in [2.05, 4.69) is 18.2 Å². The van der Waals surface area contributed by atoms with Crippen LogP contribution in [0.25, 0.3) is 5.57 Å². The van der Waals surface area contributed by atoms with Crippen LogP contribution in [0.1, 0.15) is 42.9 Å². The van der Waals surface area contributed by atoms with Crippen LogP contribution in [0.4, 0.5) is 0 Å². The Morgan fingerprint density at radius 3 is 2.65 bits per heavy atom. The van der Waals surface area contributed by atoms with Crippen molar-refractivity contribution < 1.29 is 14.6 Å². The average Bonchev–Trinajstić information content (AvgIpc) is 2.52. The van der Waals surface area contributed by atoms with Gasteiger partial charge in [0.1, 0.15) is 5.75 Å². The number of carboxylic acids is 1. The summed E-state index contributed by atoms with van der Waals surface area (Å²) >= 11 is 0. The van der Waals surface area contributed by atoms with Crippen molar-refractivity contribution in [3.63, 3.8) is 0 Å². The Morgan fingerprint density at radius 2 is 1.91 bits per heavy atom. The third-order valence-corrected chi connectivity index (χ3v) is 4.43. The van der Waals surface area contributed by atoms with Gasteiger partial charge in [-0.1, -0.05) is 18.2 Å². The summed E-state index contributed by atoms with van der Waals surface area (Å²) in [6.45, 7) is 2.49. The van der Waals surface area contributed by atoms with Gasteiger partial charge in [-0.15, -0.1) is 0 Å². The Kier molecular flexibility index (Phi) is 4.65. The van der Waals surface area contributed by atoms with E-state index in [1.165, 1.54) is 41.2 Å². The van der Waals surface area contributed by atoms with Gasteiger partial charge >= 0.3 is 5.97 Å². The minimum absolute atomic E-state index is 0.704. The zero-order valence-electron chi connectivity index (χ0n) is 13.5. The van der Waals surface area contributed by atoms with Gasteiger partial charge in [0, 0.05) is 18.1 Å². The van der Waals surface area contributed by atoms with Crippen LogP contribution in [0.2, 0.25) is 0 Å². The summed E-state index contributed by atoms with van der Waals surface area (Å²) in [6.07, 6.45) is 12.8. The molecule has 0 fully saturated rings. The quantitative estimate of drug-likeness (QED) is 0.668. The first-order valence-electron chi connectivity index (χ1n) is 8.21. The summed E-state index contributed by atoms with van der Waals surface area (Å²) in [7, 11) is 0. The minimum atomic E-state index is -0.914. The van der Waals surface area contributed by atoms with Crippen LogP contribution in [0.3, 0.4) is 0 Å².